The maximum atomic E-state index is 4.79. The van der Waals surface area contributed by atoms with Crippen LogP contribution in [-0.2, 0) is 0 Å². The predicted octanol–water partition coefficient (Wildman–Crippen LogP) is 6.21. The van der Waals surface area contributed by atoms with Gasteiger partial charge in [-0.15, -0.1) is 0 Å². The molecule has 0 amide bonds. The van der Waals surface area contributed by atoms with Crippen molar-refractivity contribution in [2.45, 2.75) is 40.5 Å². The second-order valence-electron chi connectivity index (χ2n) is 7.60. The number of para-hydroxylation sites is 1. The van der Waals surface area contributed by atoms with Gasteiger partial charge in [0, 0.05) is 17.1 Å². The van der Waals surface area contributed by atoms with Crippen LogP contribution in [-0.4, -0.2) is 14.5 Å². The standard InChI is InChI=1S/C24H26N4/c1-15(2)19-11-13-20(14-12-19)27-23-22-16(3)17(4)28(21-9-7-6-8-10-21)24(22)26-18(5)25-23/h6-15H,1-5H3,(H,25,26,27). The highest BCUT2D eigenvalue weighted by molar-refractivity contribution is 5.94. The van der Waals surface area contributed by atoms with E-state index < -0.39 is 0 Å². The molecule has 0 aliphatic heterocycles. The van der Waals surface area contributed by atoms with Crippen LogP contribution in [0, 0.1) is 20.8 Å². The molecule has 0 saturated heterocycles. The van der Waals surface area contributed by atoms with E-state index in [1.54, 1.807) is 0 Å². The second kappa shape index (κ2) is 7.12. The number of anilines is 2. The third-order valence-corrected chi connectivity index (χ3v) is 5.32. The van der Waals surface area contributed by atoms with Crippen LogP contribution in [0.25, 0.3) is 16.7 Å². The zero-order valence-electron chi connectivity index (χ0n) is 17.1. The number of hydrogen-bond acceptors (Lipinski definition) is 3. The molecule has 0 aliphatic carbocycles. The quantitative estimate of drug-likeness (QED) is 0.464. The lowest BCUT2D eigenvalue weighted by Crippen LogP contribution is -2.02. The summed E-state index contributed by atoms with van der Waals surface area (Å²) in [6.45, 7) is 10.6. The molecule has 1 N–H and O–H groups in total. The van der Waals surface area contributed by atoms with Gasteiger partial charge in [0.25, 0.3) is 0 Å². The number of aromatic nitrogens is 3. The van der Waals surface area contributed by atoms with Gasteiger partial charge in [0.15, 0.2) is 5.65 Å². The average molecular weight is 371 g/mol. The molecule has 2 aromatic heterocycles. The van der Waals surface area contributed by atoms with Crippen molar-refractivity contribution in [3.8, 4) is 5.69 Å². The van der Waals surface area contributed by atoms with Crippen molar-refractivity contribution in [3.63, 3.8) is 0 Å². The molecule has 0 atom stereocenters. The summed E-state index contributed by atoms with van der Waals surface area (Å²) in [6.07, 6.45) is 0. The van der Waals surface area contributed by atoms with Crippen molar-refractivity contribution in [1.82, 2.24) is 14.5 Å². The molecule has 2 aromatic carbocycles. The SMILES string of the molecule is Cc1nc(Nc2ccc(C(C)C)cc2)c2c(C)c(C)n(-c3ccccc3)c2n1. The Bertz CT molecular complexity index is 1120. The Labute approximate surface area is 166 Å². The topological polar surface area (TPSA) is 42.7 Å². The van der Waals surface area contributed by atoms with Gasteiger partial charge in [-0.05, 0) is 62.1 Å². The van der Waals surface area contributed by atoms with Gasteiger partial charge in [0.1, 0.15) is 11.6 Å². The molecule has 0 saturated carbocycles. The fraction of sp³-hybridized carbons (Fsp3) is 0.250. The van der Waals surface area contributed by atoms with Crippen molar-refractivity contribution in [1.29, 1.82) is 0 Å². The summed E-state index contributed by atoms with van der Waals surface area (Å²) in [7, 11) is 0. The molecule has 0 spiro atoms. The lowest BCUT2D eigenvalue weighted by atomic mass is 10.0. The summed E-state index contributed by atoms with van der Waals surface area (Å²) in [6, 6.07) is 19.0. The first-order chi connectivity index (χ1) is 13.5. The Balaban J connectivity index is 1.86. The van der Waals surface area contributed by atoms with Crippen LogP contribution in [0.5, 0.6) is 0 Å². The lowest BCUT2D eigenvalue weighted by molar-refractivity contribution is 0.867. The molecular weight excluding hydrogens is 344 g/mol. The van der Waals surface area contributed by atoms with Gasteiger partial charge in [-0.1, -0.05) is 44.2 Å². The Morgan fingerprint density at radius 2 is 1.54 bits per heavy atom. The summed E-state index contributed by atoms with van der Waals surface area (Å²) < 4.78 is 2.21. The fourth-order valence-corrected chi connectivity index (χ4v) is 3.64. The first-order valence-corrected chi connectivity index (χ1v) is 9.74. The molecule has 2 heterocycles. The first-order valence-electron chi connectivity index (χ1n) is 9.74. The summed E-state index contributed by atoms with van der Waals surface area (Å²) in [5, 5.41) is 4.59. The molecule has 4 nitrogen and oxygen atoms in total. The van der Waals surface area contributed by atoms with Crippen molar-refractivity contribution in [2.75, 3.05) is 5.32 Å². The van der Waals surface area contributed by atoms with Gasteiger partial charge in [0.2, 0.25) is 0 Å². The van der Waals surface area contributed by atoms with E-state index in [0.717, 1.165) is 34.1 Å². The van der Waals surface area contributed by atoms with Crippen LogP contribution in [0.1, 0.15) is 42.4 Å². The van der Waals surface area contributed by atoms with E-state index in [1.807, 2.05) is 13.0 Å². The lowest BCUT2D eigenvalue weighted by Gasteiger charge is -2.11. The van der Waals surface area contributed by atoms with Crippen LogP contribution in [0.3, 0.4) is 0 Å². The molecule has 4 rings (SSSR count). The minimum Gasteiger partial charge on any atom is -0.340 e. The number of nitrogens with zero attached hydrogens (tertiary/aromatic N) is 3. The number of nitrogens with one attached hydrogen (secondary N) is 1. The number of aryl methyl sites for hydroxylation is 2. The molecule has 0 unspecified atom stereocenters. The van der Waals surface area contributed by atoms with Crippen LogP contribution in [0.15, 0.2) is 54.6 Å². The van der Waals surface area contributed by atoms with E-state index in [0.29, 0.717) is 5.92 Å². The largest absolute Gasteiger partial charge is 0.340 e. The number of hydrogen-bond donors (Lipinski definition) is 1. The molecule has 0 aliphatic rings. The third kappa shape index (κ3) is 3.15. The van der Waals surface area contributed by atoms with Gasteiger partial charge in [-0.3, -0.25) is 4.57 Å². The third-order valence-electron chi connectivity index (χ3n) is 5.32. The second-order valence-corrected chi connectivity index (χ2v) is 7.60. The average Bonchev–Trinajstić information content (AvgIpc) is 2.93. The smallest absolute Gasteiger partial charge is 0.150 e. The molecule has 0 fully saturated rings. The van der Waals surface area contributed by atoms with Gasteiger partial charge >= 0.3 is 0 Å². The number of benzene rings is 2. The van der Waals surface area contributed by atoms with Crippen molar-refractivity contribution in [3.05, 3.63) is 77.2 Å². The summed E-state index contributed by atoms with van der Waals surface area (Å²) in [5.41, 5.74) is 6.79. The van der Waals surface area contributed by atoms with Crippen molar-refractivity contribution >= 4 is 22.5 Å². The highest BCUT2D eigenvalue weighted by Gasteiger charge is 2.18. The van der Waals surface area contributed by atoms with E-state index in [1.165, 1.54) is 16.8 Å². The van der Waals surface area contributed by atoms with Gasteiger partial charge in [0.05, 0.1) is 5.39 Å². The van der Waals surface area contributed by atoms with E-state index in [2.05, 4.69) is 86.1 Å². The maximum Gasteiger partial charge on any atom is 0.150 e. The van der Waals surface area contributed by atoms with Gasteiger partial charge < -0.3 is 5.32 Å². The van der Waals surface area contributed by atoms with Crippen LogP contribution < -0.4 is 5.32 Å². The Morgan fingerprint density at radius 3 is 2.18 bits per heavy atom. The number of fused-ring (bicyclic) bond motifs is 1. The predicted molar refractivity (Wildman–Crippen MR) is 117 cm³/mol. The Hall–Kier alpha value is -3.14. The molecular formula is C24H26N4. The van der Waals surface area contributed by atoms with Gasteiger partial charge in [-0.25, -0.2) is 9.97 Å². The minimum atomic E-state index is 0.520. The van der Waals surface area contributed by atoms with Crippen LogP contribution in [0.2, 0.25) is 0 Å². The monoisotopic (exact) mass is 370 g/mol. The fourth-order valence-electron chi connectivity index (χ4n) is 3.64. The molecule has 4 aromatic rings. The highest BCUT2D eigenvalue weighted by atomic mass is 15.1. The molecule has 4 heteroatoms. The van der Waals surface area contributed by atoms with E-state index in [-0.39, 0.29) is 0 Å². The van der Waals surface area contributed by atoms with E-state index in [9.17, 15) is 0 Å². The maximum absolute atomic E-state index is 4.79. The Kier molecular flexibility index (Phi) is 4.63. The Morgan fingerprint density at radius 1 is 0.857 bits per heavy atom. The van der Waals surface area contributed by atoms with E-state index in [4.69, 9.17) is 9.97 Å². The molecule has 28 heavy (non-hydrogen) atoms. The zero-order chi connectivity index (χ0) is 19.8. The van der Waals surface area contributed by atoms with E-state index >= 15 is 0 Å². The zero-order valence-corrected chi connectivity index (χ0v) is 17.1. The first kappa shape index (κ1) is 18.2. The minimum absolute atomic E-state index is 0.520. The van der Waals surface area contributed by atoms with Crippen molar-refractivity contribution < 1.29 is 0 Å². The molecule has 142 valence electrons. The molecule has 0 radical (unpaired) electrons. The summed E-state index contributed by atoms with van der Waals surface area (Å²) in [5.74, 6) is 2.13. The van der Waals surface area contributed by atoms with Gasteiger partial charge in [-0.2, -0.15) is 0 Å². The normalized spacial score (nSPS) is 11.4. The molecule has 0 bridgehead atoms. The summed E-state index contributed by atoms with van der Waals surface area (Å²) >= 11 is 0. The van der Waals surface area contributed by atoms with Crippen molar-refractivity contribution in [2.24, 2.45) is 0 Å². The number of rotatable bonds is 4. The summed E-state index contributed by atoms with van der Waals surface area (Å²) in [4.78, 5) is 9.51. The van der Waals surface area contributed by atoms with Crippen LogP contribution >= 0.6 is 0 Å². The van der Waals surface area contributed by atoms with Crippen LogP contribution in [0.4, 0.5) is 11.5 Å². The highest BCUT2D eigenvalue weighted by Crippen LogP contribution is 2.33.